The first-order valence-electron chi connectivity index (χ1n) is 8.87. The number of methoxy groups -OCH3 is 1. The molecule has 4 nitrogen and oxygen atoms in total. The number of hydrogen-bond donors (Lipinski definition) is 2. The van der Waals surface area contributed by atoms with Crippen molar-refractivity contribution in [1.29, 1.82) is 0 Å². The van der Waals surface area contributed by atoms with Gasteiger partial charge < -0.3 is 14.9 Å². The average molecular weight is 341 g/mol. The van der Waals surface area contributed by atoms with Crippen LogP contribution in [0.15, 0.2) is 54.6 Å². The van der Waals surface area contributed by atoms with Crippen LogP contribution in [0.5, 0.6) is 5.75 Å². The maximum absolute atomic E-state index is 11.0. The molecule has 0 aliphatic carbocycles. The molecule has 0 aromatic heterocycles. The van der Waals surface area contributed by atoms with Gasteiger partial charge in [-0.15, -0.1) is 0 Å². The third-order valence-electron chi connectivity index (χ3n) is 5.43. The number of benzene rings is 2. The van der Waals surface area contributed by atoms with Crippen LogP contribution in [-0.4, -0.2) is 41.4 Å². The second kappa shape index (κ2) is 7.56. The van der Waals surface area contributed by atoms with Gasteiger partial charge in [0.1, 0.15) is 5.75 Å². The van der Waals surface area contributed by atoms with Crippen LogP contribution in [0.1, 0.15) is 37.0 Å². The minimum absolute atomic E-state index is 0.00582. The van der Waals surface area contributed by atoms with Crippen molar-refractivity contribution < 1.29 is 14.9 Å². The highest BCUT2D eigenvalue weighted by atomic mass is 16.5. The maximum Gasteiger partial charge on any atom is 0.118 e. The minimum atomic E-state index is -0.761. The van der Waals surface area contributed by atoms with E-state index in [9.17, 15) is 10.2 Å². The van der Waals surface area contributed by atoms with Gasteiger partial charge in [-0.25, -0.2) is 0 Å². The summed E-state index contributed by atoms with van der Waals surface area (Å²) < 4.78 is 5.17. The molecule has 25 heavy (non-hydrogen) atoms. The Kier molecular flexibility index (Phi) is 5.42. The van der Waals surface area contributed by atoms with E-state index < -0.39 is 11.7 Å². The van der Waals surface area contributed by atoms with Crippen molar-refractivity contribution in [2.45, 2.75) is 37.5 Å². The quantitative estimate of drug-likeness (QED) is 0.877. The Morgan fingerprint density at radius 2 is 1.60 bits per heavy atom. The van der Waals surface area contributed by atoms with Gasteiger partial charge in [-0.2, -0.15) is 0 Å². The number of ether oxygens (including phenoxy) is 1. The molecule has 1 aliphatic heterocycles. The molecule has 0 radical (unpaired) electrons. The van der Waals surface area contributed by atoms with Crippen LogP contribution in [0.4, 0.5) is 0 Å². The predicted octanol–water partition coefficient (Wildman–Crippen LogP) is 3.10. The number of aliphatic hydroxyl groups excluding tert-OH is 1. The fourth-order valence-corrected chi connectivity index (χ4v) is 3.62. The summed E-state index contributed by atoms with van der Waals surface area (Å²) in [7, 11) is 1.63. The lowest BCUT2D eigenvalue weighted by atomic mass is 9.83. The van der Waals surface area contributed by atoms with Crippen LogP contribution < -0.4 is 4.74 Å². The van der Waals surface area contributed by atoms with E-state index in [4.69, 9.17) is 4.74 Å². The number of hydrogen-bond acceptors (Lipinski definition) is 4. The molecule has 4 heteroatoms. The van der Waals surface area contributed by atoms with Gasteiger partial charge >= 0.3 is 0 Å². The molecule has 0 bridgehead atoms. The van der Waals surface area contributed by atoms with Crippen molar-refractivity contribution in [3.8, 4) is 5.75 Å². The van der Waals surface area contributed by atoms with E-state index in [1.54, 1.807) is 7.11 Å². The van der Waals surface area contributed by atoms with Crippen LogP contribution in [0, 0.1) is 0 Å². The molecule has 0 unspecified atom stereocenters. The second-order valence-electron chi connectivity index (χ2n) is 6.89. The summed E-state index contributed by atoms with van der Waals surface area (Å²) >= 11 is 0. The maximum atomic E-state index is 11.0. The van der Waals surface area contributed by atoms with Gasteiger partial charge in [0.15, 0.2) is 0 Å². The normalized spacial score (nSPS) is 20.0. The van der Waals surface area contributed by atoms with E-state index in [0.29, 0.717) is 12.8 Å². The topological polar surface area (TPSA) is 52.9 Å². The molecule has 134 valence electrons. The van der Waals surface area contributed by atoms with Crippen LogP contribution >= 0.6 is 0 Å². The molecule has 1 saturated heterocycles. The summed E-state index contributed by atoms with van der Waals surface area (Å²) in [6.07, 6.45) is 0.793. The fourth-order valence-electron chi connectivity index (χ4n) is 3.62. The summed E-state index contributed by atoms with van der Waals surface area (Å²) in [4.78, 5) is 2.26. The third-order valence-corrected chi connectivity index (χ3v) is 5.43. The fraction of sp³-hybridized carbons (Fsp3) is 0.429. The highest BCUT2D eigenvalue weighted by Crippen LogP contribution is 2.34. The highest BCUT2D eigenvalue weighted by molar-refractivity contribution is 5.29. The first kappa shape index (κ1) is 17.9. The van der Waals surface area contributed by atoms with Gasteiger partial charge in [-0.1, -0.05) is 42.5 Å². The zero-order chi connectivity index (χ0) is 17.9. The van der Waals surface area contributed by atoms with Crippen molar-refractivity contribution in [3.63, 3.8) is 0 Å². The molecule has 2 aromatic rings. The second-order valence-corrected chi connectivity index (χ2v) is 6.89. The number of likely N-dealkylation sites (tertiary alicyclic amines) is 1. The van der Waals surface area contributed by atoms with E-state index in [-0.39, 0.29) is 6.04 Å². The first-order valence-corrected chi connectivity index (χ1v) is 8.87. The SMILES string of the molecule is COc1ccc([C@H](O)[C@H](C)N2CCC(O)(c3ccccc3)CC2)cc1. The Morgan fingerprint density at radius 1 is 1.00 bits per heavy atom. The van der Waals surface area contributed by atoms with E-state index in [0.717, 1.165) is 30.0 Å². The molecule has 1 aliphatic rings. The number of aliphatic hydroxyl groups is 2. The molecule has 0 saturated carbocycles. The Hall–Kier alpha value is -1.88. The summed E-state index contributed by atoms with van der Waals surface area (Å²) in [6, 6.07) is 17.4. The lowest BCUT2D eigenvalue weighted by molar-refractivity contribution is -0.0501. The Morgan fingerprint density at radius 3 is 2.16 bits per heavy atom. The van der Waals surface area contributed by atoms with Crippen LogP contribution in [0.2, 0.25) is 0 Å². The number of nitrogens with zero attached hydrogens (tertiary/aromatic N) is 1. The monoisotopic (exact) mass is 341 g/mol. The highest BCUT2D eigenvalue weighted by Gasteiger charge is 2.36. The van der Waals surface area contributed by atoms with Crippen LogP contribution in [0.3, 0.4) is 0 Å². The smallest absolute Gasteiger partial charge is 0.118 e. The molecule has 2 aromatic carbocycles. The summed E-state index contributed by atoms with van der Waals surface area (Å²) in [6.45, 7) is 3.57. The Labute approximate surface area is 149 Å². The Balaban J connectivity index is 1.63. The Bertz CT molecular complexity index is 663. The van der Waals surface area contributed by atoms with Gasteiger partial charge in [-0.05, 0) is 43.0 Å². The summed E-state index contributed by atoms with van der Waals surface area (Å²) in [5.74, 6) is 0.787. The van der Waals surface area contributed by atoms with Gasteiger partial charge in [0, 0.05) is 19.1 Å². The van der Waals surface area contributed by atoms with Crippen molar-refractivity contribution in [2.75, 3.05) is 20.2 Å². The van der Waals surface area contributed by atoms with Gasteiger partial charge in [0.25, 0.3) is 0 Å². The van der Waals surface area contributed by atoms with Gasteiger partial charge in [0.2, 0.25) is 0 Å². The first-order chi connectivity index (χ1) is 12.0. The van der Waals surface area contributed by atoms with Crippen LogP contribution in [-0.2, 0) is 5.60 Å². The average Bonchev–Trinajstić information content (AvgIpc) is 2.68. The summed E-state index contributed by atoms with van der Waals surface area (Å²) in [5, 5.41) is 21.7. The van der Waals surface area contributed by atoms with E-state index in [2.05, 4.69) is 4.90 Å². The van der Waals surface area contributed by atoms with Crippen molar-refractivity contribution in [3.05, 3.63) is 65.7 Å². The molecule has 2 atom stereocenters. The zero-order valence-electron chi connectivity index (χ0n) is 14.9. The molecular formula is C21H27NO3. The molecule has 2 N–H and O–H groups in total. The molecule has 0 spiro atoms. The van der Waals surface area contributed by atoms with Crippen LogP contribution in [0.25, 0.3) is 0 Å². The van der Waals surface area contributed by atoms with Crippen molar-refractivity contribution in [1.82, 2.24) is 4.90 Å². The number of piperidine rings is 1. The van der Waals surface area contributed by atoms with E-state index >= 15 is 0 Å². The largest absolute Gasteiger partial charge is 0.497 e. The van der Waals surface area contributed by atoms with E-state index in [1.165, 1.54) is 0 Å². The number of rotatable bonds is 5. The molecule has 1 heterocycles. The third kappa shape index (κ3) is 3.87. The molecule has 3 rings (SSSR count). The molecule has 0 amide bonds. The predicted molar refractivity (Wildman–Crippen MR) is 98.6 cm³/mol. The van der Waals surface area contributed by atoms with Gasteiger partial charge in [0.05, 0.1) is 18.8 Å². The van der Waals surface area contributed by atoms with Crippen molar-refractivity contribution in [2.24, 2.45) is 0 Å². The zero-order valence-corrected chi connectivity index (χ0v) is 14.9. The van der Waals surface area contributed by atoms with Crippen molar-refractivity contribution >= 4 is 0 Å². The summed E-state index contributed by atoms with van der Waals surface area (Å²) in [5.41, 5.74) is 1.11. The molecular weight excluding hydrogens is 314 g/mol. The standard InChI is InChI=1S/C21H27NO3/c1-16(20(23)17-8-10-19(25-2)11-9-17)22-14-12-21(24,13-15-22)18-6-4-3-5-7-18/h3-11,16,20,23-24H,12-15H2,1-2H3/t16-,20+/m0/s1. The lowest BCUT2D eigenvalue weighted by Gasteiger charge is -2.42. The molecule has 1 fully saturated rings. The van der Waals surface area contributed by atoms with E-state index in [1.807, 2.05) is 61.5 Å². The lowest BCUT2D eigenvalue weighted by Crippen LogP contribution is -2.47. The van der Waals surface area contributed by atoms with Gasteiger partial charge in [-0.3, -0.25) is 4.90 Å². The minimum Gasteiger partial charge on any atom is -0.497 e.